The quantitative estimate of drug-likeness (QED) is 0.493. The van der Waals surface area contributed by atoms with Crippen LogP contribution in [0.3, 0.4) is 0 Å². The molecule has 0 radical (unpaired) electrons. The van der Waals surface area contributed by atoms with Crippen LogP contribution < -0.4 is 0 Å². The molecule has 0 aromatic rings. The molecule has 0 heterocycles. The maximum Gasteiger partial charge on any atom is 0.353 e. The third-order valence-electron chi connectivity index (χ3n) is 0.733. The summed E-state index contributed by atoms with van der Waals surface area (Å²) in [7, 11) is -0.275. The molecule has 0 aliphatic carbocycles. The summed E-state index contributed by atoms with van der Waals surface area (Å²) in [6.45, 7) is 3.26. The van der Waals surface area contributed by atoms with Crippen molar-refractivity contribution in [3.63, 3.8) is 0 Å². The Morgan fingerprint density at radius 3 is 1.78 bits per heavy atom. The van der Waals surface area contributed by atoms with E-state index < -0.39 is 7.60 Å². The molecule has 9 heavy (non-hydrogen) atoms. The predicted molar refractivity (Wildman–Crippen MR) is 31.8 cm³/mol. The molecule has 5 heteroatoms. The van der Waals surface area contributed by atoms with E-state index >= 15 is 0 Å². The Morgan fingerprint density at radius 1 is 1.44 bits per heavy atom. The minimum Gasteiger partial charge on any atom is -0.309 e. The first-order valence-corrected chi connectivity index (χ1v) is 3.64. The van der Waals surface area contributed by atoms with Gasteiger partial charge in [-0.3, -0.25) is 4.57 Å². The Labute approximate surface area is 69.8 Å². The van der Waals surface area contributed by atoms with Crippen molar-refractivity contribution in [2.24, 2.45) is 0 Å². The van der Waals surface area contributed by atoms with Crippen LogP contribution in [0.15, 0.2) is 12.4 Å². The summed E-state index contributed by atoms with van der Waals surface area (Å²) in [6, 6.07) is 0. The normalized spacial score (nSPS) is 10.0. The molecule has 0 atom stereocenters. The zero-order valence-electron chi connectivity index (χ0n) is 5.46. The van der Waals surface area contributed by atoms with E-state index in [1.165, 1.54) is 14.2 Å². The molecule has 0 aliphatic rings. The zero-order chi connectivity index (χ0) is 6.62. The molecule has 0 aliphatic heterocycles. The summed E-state index contributed by atoms with van der Waals surface area (Å²) in [5.74, 6) is 1.16. The molecule has 0 amide bonds. The molecule has 0 N–H and O–H groups in total. The van der Waals surface area contributed by atoms with Gasteiger partial charge in [-0.25, -0.2) is 0 Å². The van der Waals surface area contributed by atoms with Crippen LogP contribution in [0.5, 0.6) is 0 Å². The van der Waals surface area contributed by atoms with Gasteiger partial charge in [0, 0.05) is 41.8 Å². The average Bonchev–Trinajstić information content (AvgIpc) is 1.87. The van der Waals surface area contributed by atoms with Crippen LogP contribution in [0.25, 0.3) is 0 Å². The number of rotatable bonds is 3. The van der Waals surface area contributed by atoms with Crippen molar-refractivity contribution in [3.05, 3.63) is 12.4 Å². The van der Waals surface area contributed by atoms with Gasteiger partial charge in [-0.05, 0) is 0 Å². The smallest absolute Gasteiger partial charge is 0.309 e. The Bertz CT molecular complexity index is 117. The maximum absolute atomic E-state index is 10.8. The molecule has 0 saturated heterocycles. The standard InChI is InChI=1S/C4H9O3P.Ti/c1-4-8(5,6-2)7-3;/h4H,1H2,2-3H3;. The van der Waals surface area contributed by atoms with E-state index in [1.54, 1.807) is 0 Å². The van der Waals surface area contributed by atoms with Crippen LogP contribution in [0.4, 0.5) is 0 Å². The van der Waals surface area contributed by atoms with E-state index in [-0.39, 0.29) is 21.7 Å². The van der Waals surface area contributed by atoms with Gasteiger partial charge in [0.25, 0.3) is 0 Å². The van der Waals surface area contributed by atoms with Gasteiger partial charge in [-0.1, -0.05) is 6.58 Å². The van der Waals surface area contributed by atoms with Crippen molar-refractivity contribution in [1.29, 1.82) is 0 Å². The first-order chi connectivity index (χ1) is 3.68. The second-order valence-corrected chi connectivity index (χ2v) is 3.26. The second-order valence-electron chi connectivity index (χ2n) is 1.09. The number of hydrogen-bond acceptors (Lipinski definition) is 3. The second kappa shape index (κ2) is 5.39. The molecule has 0 aromatic carbocycles. The van der Waals surface area contributed by atoms with Crippen LogP contribution in [0.2, 0.25) is 0 Å². The molecule has 0 bridgehead atoms. The minimum absolute atomic E-state index is 0. The third kappa shape index (κ3) is 4.07. The Hall–Kier alpha value is 0.604. The summed E-state index contributed by atoms with van der Waals surface area (Å²) in [4.78, 5) is 0. The first kappa shape index (κ1) is 12.3. The summed E-state index contributed by atoms with van der Waals surface area (Å²) < 4.78 is 19.7. The van der Waals surface area contributed by atoms with Crippen LogP contribution >= 0.6 is 7.60 Å². The van der Waals surface area contributed by atoms with Gasteiger partial charge in [0.05, 0.1) is 0 Å². The fourth-order valence-electron chi connectivity index (χ4n) is 0.224. The zero-order valence-corrected chi connectivity index (χ0v) is 7.91. The van der Waals surface area contributed by atoms with Gasteiger partial charge in [-0.15, -0.1) is 0 Å². The van der Waals surface area contributed by atoms with E-state index in [1.807, 2.05) is 0 Å². The van der Waals surface area contributed by atoms with Gasteiger partial charge in [-0.2, -0.15) is 0 Å². The van der Waals surface area contributed by atoms with Crippen LogP contribution in [-0.4, -0.2) is 14.2 Å². The van der Waals surface area contributed by atoms with Crippen molar-refractivity contribution in [1.82, 2.24) is 0 Å². The molecule has 0 rings (SSSR count). The summed E-state index contributed by atoms with van der Waals surface area (Å²) in [6.07, 6.45) is 0. The van der Waals surface area contributed by atoms with Crippen LogP contribution in [0, 0.1) is 0 Å². The van der Waals surface area contributed by atoms with Gasteiger partial charge in [0.2, 0.25) is 0 Å². The molecule has 0 unspecified atom stereocenters. The van der Waals surface area contributed by atoms with Crippen molar-refractivity contribution in [2.45, 2.75) is 0 Å². The minimum atomic E-state index is -2.90. The van der Waals surface area contributed by atoms with Crippen LogP contribution in [-0.2, 0) is 35.3 Å². The molecule has 3 nitrogen and oxygen atoms in total. The summed E-state index contributed by atoms with van der Waals surface area (Å²) in [5, 5.41) is 0. The van der Waals surface area contributed by atoms with E-state index in [2.05, 4.69) is 15.6 Å². The van der Waals surface area contributed by atoms with Crippen molar-refractivity contribution in [3.8, 4) is 0 Å². The molecule has 0 spiro atoms. The monoisotopic (exact) mass is 184 g/mol. The van der Waals surface area contributed by atoms with Gasteiger partial charge in [0.1, 0.15) is 0 Å². The van der Waals surface area contributed by atoms with Crippen molar-refractivity contribution in [2.75, 3.05) is 14.2 Å². The fourth-order valence-corrected chi connectivity index (χ4v) is 0.671. The topological polar surface area (TPSA) is 35.5 Å². The molecule has 0 fully saturated rings. The Balaban J connectivity index is 0. The van der Waals surface area contributed by atoms with E-state index in [0.717, 1.165) is 5.82 Å². The Kier molecular flexibility index (Phi) is 7.37. The van der Waals surface area contributed by atoms with E-state index in [4.69, 9.17) is 0 Å². The molecule has 0 saturated carbocycles. The Morgan fingerprint density at radius 2 is 1.78 bits per heavy atom. The molecule has 0 aromatic heterocycles. The SMILES string of the molecule is C=CP(=O)(OC)OC.[Ti]. The fraction of sp³-hybridized carbons (Fsp3) is 0.500. The molecular formula is C4H9O3PTi. The summed E-state index contributed by atoms with van der Waals surface area (Å²) >= 11 is 0. The van der Waals surface area contributed by atoms with Crippen molar-refractivity contribution >= 4 is 7.60 Å². The van der Waals surface area contributed by atoms with Gasteiger partial charge in [0.15, 0.2) is 0 Å². The number of hydrogen-bond donors (Lipinski definition) is 0. The molecular weight excluding hydrogens is 175 g/mol. The van der Waals surface area contributed by atoms with Gasteiger partial charge < -0.3 is 9.05 Å². The average molecular weight is 184 g/mol. The third-order valence-corrected chi connectivity index (χ3v) is 2.20. The van der Waals surface area contributed by atoms with E-state index in [0.29, 0.717) is 0 Å². The maximum atomic E-state index is 10.8. The van der Waals surface area contributed by atoms with Gasteiger partial charge >= 0.3 is 7.60 Å². The van der Waals surface area contributed by atoms with E-state index in [9.17, 15) is 4.57 Å². The summed E-state index contributed by atoms with van der Waals surface area (Å²) in [5.41, 5.74) is 0. The molecule has 52 valence electrons. The van der Waals surface area contributed by atoms with Crippen molar-refractivity contribution < 1.29 is 35.3 Å². The first-order valence-electron chi connectivity index (χ1n) is 2.03. The predicted octanol–water partition coefficient (Wildman–Crippen LogP) is 1.61. The largest absolute Gasteiger partial charge is 0.353 e. The van der Waals surface area contributed by atoms with Crippen LogP contribution in [0.1, 0.15) is 0 Å².